The number of nitrogens with one attached hydrogen (secondary N) is 3. The molecule has 0 radical (unpaired) electrons. The highest BCUT2D eigenvalue weighted by Gasteiger charge is 2.50. The summed E-state index contributed by atoms with van der Waals surface area (Å²) >= 11 is 0. The summed E-state index contributed by atoms with van der Waals surface area (Å²) in [5.41, 5.74) is 9.46. The number of carbonyl (C=O) groups is 3. The number of hydrogen-bond donors (Lipinski definition) is 4. The van der Waals surface area contributed by atoms with Crippen molar-refractivity contribution in [1.82, 2.24) is 20.9 Å². The number of rotatable bonds is 15. The van der Waals surface area contributed by atoms with Crippen molar-refractivity contribution < 1.29 is 46.9 Å². The van der Waals surface area contributed by atoms with E-state index in [0.29, 0.717) is 34.1 Å². The Morgan fingerprint density at radius 2 is 1.01 bits per heavy atom. The van der Waals surface area contributed by atoms with Crippen molar-refractivity contribution >= 4 is 17.7 Å². The molecule has 5 aromatic carbocycles. The monoisotopic (exact) mass is 1390 g/mol. The second-order valence-electron chi connectivity index (χ2n) is 31.4. The topological polar surface area (TPSA) is 148 Å². The lowest BCUT2D eigenvalue weighted by atomic mass is 9.65. The van der Waals surface area contributed by atoms with Crippen LogP contribution < -0.4 is 30.2 Å². The number of aromatic nitrogens is 1. The summed E-state index contributed by atoms with van der Waals surface area (Å²) < 4.78 is 53.4. The van der Waals surface area contributed by atoms with Crippen LogP contribution in [-0.2, 0) is 22.4 Å². The number of amides is 3. The highest BCUT2D eigenvalue weighted by molar-refractivity contribution is 5.94. The molecule has 0 spiro atoms. The summed E-state index contributed by atoms with van der Waals surface area (Å²) in [4.78, 5) is 37.3. The van der Waals surface area contributed by atoms with Gasteiger partial charge in [0.05, 0.1) is 0 Å². The number of pyridine rings is 1. The number of carbonyl (C=O) groups excluding carboxylic acids is 3. The third-order valence-electron chi connectivity index (χ3n) is 17.0. The Labute approximate surface area is 603 Å². The van der Waals surface area contributed by atoms with Crippen LogP contribution in [0.2, 0.25) is 0 Å². The molecule has 0 saturated heterocycles. The summed E-state index contributed by atoms with van der Waals surface area (Å²) in [6.45, 7) is 41.9. The van der Waals surface area contributed by atoms with Crippen molar-refractivity contribution in [3.63, 3.8) is 0 Å². The second kappa shape index (κ2) is 44.9. The summed E-state index contributed by atoms with van der Waals surface area (Å²) in [5.74, 6) is 0.223. The zero-order valence-electron chi connectivity index (χ0n) is 65.9. The smallest absolute Gasteiger partial charge is 0.263 e. The minimum Gasteiger partial charge on any atom is -0.488 e. The Kier molecular flexibility index (Phi) is 40.8. The Bertz CT molecular complexity index is 3230. The van der Waals surface area contributed by atoms with Gasteiger partial charge in [-0.05, 0) is 241 Å². The van der Waals surface area contributed by atoms with Gasteiger partial charge in [0.1, 0.15) is 28.7 Å². The van der Waals surface area contributed by atoms with E-state index in [1.165, 1.54) is 118 Å². The van der Waals surface area contributed by atoms with Crippen LogP contribution in [0.4, 0.5) is 13.2 Å². The third-order valence-corrected chi connectivity index (χ3v) is 17.0. The fourth-order valence-electron chi connectivity index (χ4n) is 11.1. The molecule has 0 unspecified atom stereocenters. The molecule has 4 fully saturated rings. The zero-order valence-corrected chi connectivity index (χ0v) is 65.9. The number of benzene rings is 5. The molecule has 11 nitrogen and oxygen atoms in total. The Hall–Kier alpha value is -7.19. The highest BCUT2D eigenvalue weighted by Crippen LogP contribution is 2.51. The highest BCUT2D eigenvalue weighted by atomic mass is 19.3. The maximum absolute atomic E-state index is 12.7. The van der Waals surface area contributed by atoms with Gasteiger partial charge in [0.15, 0.2) is 12.2 Å². The predicted octanol–water partition coefficient (Wildman–Crippen LogP) is 21.3. The molecule has 4 N–H and O–H groups in total. The van der Waals surface area contributed by atoms with Crippen LogP contribution in [0.3, 0.4) is 0 Å². The Morgan fingerprint density at radius 3 is 1.35 bits per heavy atom. The van der Waals surface area contributed by atoms with Crippen molar-refractivity contribution in [2.45, 2.75) is 252 Å². The van der Waals surface area contributed by atoms with E-state index in [4.69, 9.17) is 19.3 Å². The lowest BCUT2D eigenvalue weighted by Gasteiger charge is -2.41. The first kappa shape index (κ1) is 90.8. The van der Waals surface area contributed by atoms with Gasteiger partial charge in [-0.25, -0.2) is 13.2 Å². The lowest BCUT2D eigenvalue weighted by Crippen LogP contribution is -2.45. The zero-order chi connectivity index (χ0) is 76.0. The molecule has 4 aliphatic rings. The normalized spacial score (nSPS) is 15.5. The van der Waals surface area contributed by atoms with E-state index in [1.807, 2.05) is 134 Å². The molecule has 1 aromatic heterocycles. The first-order chi connectivity index (χ1) is 46.5. The molecular formula is C86H131F3N4O7. The SMILES string of the molecule is CC1(C)CC(F)(F)C1.CC1(C)CC1.CC1(C)CCCC1.CC1CC(C)(C)C1.CCCc1ccc(C)cc1.CCCc1ccncc1.CNC(=O)C(C)(C)Oc1cccc(C)c1.CNC(=O)COc1cccc(C)c1.CNC(=O)c1ccc(F)c(C)c1.Cc1cccc(OC(C)(C)CCO)c1. The average molecular weight is 1390 g/mol. The van der Waals surface area contributed by atoms with E-state index in [2.05, 4.69) is 127 Å². The number of hydrogen-bond acceptors (Lipinski definition) is 8. The Balaban J connectivity index is 0.000000563. The summed E-state index contributed by atoms with van der Waals surface area (Å²) in [7, 11) is 4.73. The molecule has 558 valence electrons. The van der Waals surface area contributed by atoms with Crippen LogP contribution in [0.15, 0.2) is 140 Å². The van der Waals surface area contributed by atoms with Gasteiger partial charge in [-0.3, -0.25) is 19.4 Å². The molecule has 14 heteroatoms. The molecule has 6 aromatic rings. The van der Waals surface area contributed by atoms with Crippen LogP contribution >= 0.6 is 0 Å². The minimum atomic E-state index is -2.34. The van der Waals surface area contributed by atoms with Gasteiger partial charge >= 0.3 is 0 Å². The molecule has 0 bridgehead atoms. The van der Waals surface area contributed by atoms with E-state index in [-0.39, 0.29) is 60.6 Å². The maximum atomic E-state index is 12.7. The first-order valence-electron chi connectivity index (χ1n) is 36.1. The van der Waals surface area contributed by atoms with Crippen LogP contribution in [0.1, 0.15) is 237 Å². The van der Waals surface area contributed by atoms with Crippen molar-refractivity contribution in [2.75, 3.05) is 34.4 Å². The summed E-state index contributed by atoms with van der Waals surface area (Å²) in [6, 6.07) is 40.3. The van der Waals surface area contributed by atoms with E-state index in [0.717, 1.165) is 34.0 Å². The largest absolute Gasteiger partial charge is 0.488 e. The van der Waals surface area contributed by atoms with Gasteiger partial charge in [-0.2, -0.15) is 0 Å². The number of ether oxygens (including phenoxy) is 3. The van der Waals surface area contributed by atoms with Gasteiger partial charge in [0.25, 0.3) is 17.7 Å². The number of alkyl halides is 2. The first-order valence-corrected chi connectivity index (χ1v) is 36.1. The summed E-state index contributed by atoms with van der Waals surface area (Å²) in [5, 5.41) is 16.4. The quantitative estimate of drug-likeness (QED) is 0.0794. The van der Waals surface area contributed by atoms with Crippen molar-refractivity contribution in [3.8, 4) is 17.2 Å². The molecule has 1 heterocycles. The number of aliphatic hydroxyl groups excluding tert-OH is 1. The van der Waals surface area contributed by atoms with Gasteiger partial charge in [0.2, 0.25) is 5.92 Å². The van der Waals surface area contributed by atoms with Gasteiger partial charge in [-0.1, -0.05) is 168 Å². The molecule has 4 aliphatic carbocycles. The number of aliphatic hydroxyl groups is 1. The molecule has 3 amide bonds. The molecular weight excluding hydrogens is 1260 g/mol. The van der Waals surface area contributed by atoms with Gasteiger partial charge < -0.3 is 35.3 Å². The van der Waals surface area contributed by atoms with E-state index < -0.39 is 11.5 Å². The van der Waals surface area contributed by atoms with Crippen molar-refractivity contribution in [3.05, 3.63) is 190 Å². The van der Waals surface area contributed by atoms with Crippen molar-refractivity contribution in [1.29, 1.82) is 0 Å². The number of aryl methyl sites for hydroxylation is 7. The maximum Gasteiger partial charge on any atom is 0.263 e. The molecule has 4 saturated carbocycles. The van der Waals surface area contributed by atoms with E-state index in [1.54, 1.807) is 41.9 Å². The van der Waals surface area contributed by atoms with E-state index >= 15 is 0 Å². The predicted molar refractivity (Wildman–Crippen MR) is 412 cm³/mol. The molecule has 10 rings (SSSR count). The van der Waals surface area contributed by atoms with Crippen LogP contribution in [0.5, 0.6) is 17.2 Å². The standard InChI is InChI=1S/C12H17NO2.C12H18O2.C10H13NO2.C10H14.C9H10FNO.C8H11N.2C7H14.C6H10F2.C5H10/c1-9-6-5-7-10(8-9)15-12(2,3)11(14)13-4;1-10-5-4-6-11(9-10)14-12(2,3)7-8-13;1-8-4-3-5-9(6-8)13-7-10(12)11-2;1-3-4-10-7-5-9(2)6-8-10;1-6-5-7(9(12)11-2)3-4-8(6)10;1-2-3-8-4-6-9-7-5-8;1-6-4-7(2,3)5-6;1-7(2)5-3-4-6-7;1-5(2)3-6(7,8)4-5;1-5(2)3-4-5/h5-8H,1-4H3,(H,13,14);4-6,9,13H,7-8H2,1-3H3;3-6H,7H2,1-2H3,(H,11,12);5-8H,3-4H2,1-2H3;3-5H,1-2H3,(H,11,12);4-7H,2-3H2,1H3;6H,4-5H2,1-3H3;3-6H2,1-2H3;3-4H2,1-2H3;3-4H2,1-2H3. The van der Waals surface area contributed by atoms with E-state index in [9.17, 15) is 27.6 Å². The van der Waals surface area contributed by atoms with Crippen LogP contribution in [0, 0.1) is 68.0 Å². The number of nitrogens with zero attached hydrogens (tertiary/aromatic N) is 1. The Morgan fingerprint density at radius 1 is 0.560 bits per heavy atom. The second-order valence-corrected chi connectivity index (χ2v) is 31.4. The fraction of sp³-hybridized carbons (Fsp3) is 0.558. The minimum absolute atomic E-state index is 0.0694. The molecule has 0 aliphatic heterocycles. The number of halogens is 3. The third kappa shape index (κ3) is 42.8. The fourth-order valence-corrected chi connectivity index (χ4v) is 11.1. The lowest BCUT2D eigenvalue weighted by molar-refractivity contribution is -0.146. The molecule has 0 atom stereocenters. The van der Waals surface area contributed by atoms with Crippen LogP contribution in [-0.4, -0.2) is 79.3 Å². The van der Waals surface area contributed by atoms with Gasteiger partial charge in [-0.15, -0.1) is 0 Å². The average Bonchev–Trinajstić information content (AvgIpc) is 1.06. The molecule has 100 heavy (non-hydrogen) atoms. The van der Waals surface area contributed by atoms with Crippen molar-refractivity contribution in [2.24, 2.45) is 27.6 Å². The van der Waals surface area contributed by atoms with Crippen LogP contribution in [0.25, 0.3) is 0 Å². The summed E-state index contributed by atoms with van der Waals surface area (Å²) in [6.07, 6.45) is 20.9. The van der Waals surface area contributed by atoms with Gasteiger partial charge in [0, 0.05) is 65.0 Å². The number of likely N-dealkylation sites (N-methyl/N-ethyl adjacent to an activating group) is 2.